The maximum Gasteiger partial charge on any atom is 0.340 e. The summed E-state index contributed by atoms with van der Waals surface area (Å²) in [6.45, 7) is 7.56. The van der Waals surface area contributed by atoms with Crippen molar-refractivity contribution in [3.63, 3.8) is 0 Å². The van der Waals surface area contributed by atoms with Gasteiger partial charge in [0.25, 0.3) is 0 Å². The van der Waals surface area contributed by atoms with Gasteiger partial charge in [0, 0.05) is 0 Å². The predicted molar refractivity (Wildman–Crippen MR) is 48.8 cm³/mol. The Labute approximate surface area is 78.0 Å². The molecule has 0 N–H and O–H groups in total. The van der Waals surface area contributed by atoms with Crippen LogP contribution >= 0.6 is 0 Å². The van der Waals surface area contributed by atoms with Crippen LogP contribution in [0.5, 0.6) is 0 Å². The minimum Gasteiger partial charge on any atom is -0.484 e. The molecule has 1 aliphatic heterocycles. The smallest absolute Gasteiger partial charge is 0.340 e. The van der Waals surface area contributed by atoms with Gasteiger partial charge in [-0.15, -0.1) is 0 Å². The van der Waals surface area contributed by atoms with Crippen molar-refractivity contribution < 1.29 is 14.3 Å². The van der Waals surface area contributed by atoms with E-state index in [4.69, 9.17) is 9.47 Å². The number of carbonyl (C=O) groups excluding carboxylic acids is 1. The van der Waals surface area contributed by atoms with Crippen LogP contribution in [0.15, 0.2) is 23.7 Å². The van der Waals surface area contributed by atoms with Crippen molar-refractivity contribution in [2.24, 2.45) is 0 Å². The van der Waals surface area contributed by atoms with Crippen LogP contribution in [-0.2, 0) is 14.3 Å². The van der Waals surface area contributed by atoms with Crippen LogP contribution in [0.4, 0.5) is 0 Å². The zero-order valence-electron chi connectivity index (χ0n) is 8.38. The number of cyclic esters (lactones) is 1. The molecule has 0 saturated carbocycles. The molecule has 0 aliphatic carbocycles. The van der Waals surface area contributed by atoms with Crippen molar-refractivity contribution in [3.05, 3.63) is 23.7 Å². The number of allylic oxidation sites excluding steroid dienone is 1. The van der Waals surface area contributed by atoms with Gasteiger partial charge in [-0.3, -0.25) is 0 Å². The summed E-state index contributed by atoms with van der Waals surface area (Å²) in [5.74, 6) is 0.646. The van der Waals surface area contributed by atoms with Crippen LogP contribution in [0, 0.1) is 0 Å². The molecule has 1 heterocycles. The fourth-order valence-corrected chi connectivity index (χ4v) is 0.977. The van der Waals surface area contributed by atoms with Crippen LogP contribution in [-0.4, -0.2) is 11.6 Å². The van der Waals surface area contributed by atoms with Crippen molar-refractivity contribution in [2.45, 2.75) is 33.3 Å². The molecule has 0 saturated heterocycles. The highest BCUT2D eigenvalue weighted by molar-refractivity contribution is 5.87. The van der Waals surface area contributed by atoms with E-state index in [0.717, 1.165) is 0 Å². The van der Waals surface area contributed by atoms with Gasteiger partial charge in [0.05, 0.1) is 6.08 Å². The Balaban J connectivity index is 2.80. The van der Waals surface area contributed by atoms with Crippen molar-refractivity contribution in [3.8, 4) is 0 Å². The van der Waals surface area contributed by atoms with Crippen LogP contribution in [0.3, 0.4) is 0 Å². The second-order valence-corrected chi connectivity index (χ2v) is 3.80. The summed E-state index contributed by atoms with van der Waals surface area (Å²) in [6.07, 6.45) is 3.07. The molecule has 13 heavy (non-hydrogen) atoms. The summed E-state index contributed by atoms with van der Waals surface area (Å²) in [7, 11) is 0. The van der Waals surface area contributed by atoms with Crippen molar-refractivity contribution in [2.75, 3.05) is 0 Å². The van der Waals surface area contributed by atoms with Crippen molar-refractivity contribution in [1.82, 2.24) is 0 Å². The third-order valence-electron chi connectivity index (χ3n) is 1.38. The largest absolute Gasteiger partial charge is 0.484 e. The zero-order chi connectivity index (χ0) is 10.1. The van der Waals surface area contributed by atoms with Crippen LogP contribution in [0.25, 0.3) is 0 Å². The Morgan fingerprint density at radius 2 is 2.08 bits per heavy atom. The number of hydrogen-bond donors (Lipinski definition) is 0. The average molecular weight is 182 g/mol. The molecule has 0 unspecified atom stereocenters. The van der Waals surface area contributed by atoms with E-state index in [0.29, 0.717) is 11.5 Å². The summed E-state index contributed by atoms with van der Waals surface area (Å²) < 4.78 is 10.4. The van der Waals surface area contributed by atoms with Gasteiger partial charge in [-0.1, -0.05) is 0 Å². The lowest BCUT2D eigenvalue weighted by atomic mass is 10.2. The quantitative estimate of drug-likeness (QED) is 0.583. The second-order valence-electron chi connectivity index (χ2n) is 3.80. The van der Waals surface area contributed by atoms with E-state index in [-0.39, 0.29) is 11.6 Å². The molecule has 3 heteroatoms. The van der Waals surface area contributed by atoms with Crippen LogP contribution < -0.4 is 0 Å². The second kappa shape index (κ2) is 3.24. The number of rotatable bonds is 1. The third kappa shape index (κ3) is 2.61. The fourth-order valence-electron chi connectivity index (χ4n) is 0.977. The molecule has 0 spiro atoms. The molecule has 72 valence electrons. The Morgan fingerprint density at radius 3 is 2.54 bits per heavy atom. The fraction of sp³-hybridized carbons (Fsp3) is 0.500. The molecule has 0 aromatic heterocycles. The summed E-state index contributed by atoms with van der Waals surface area (Å²) in [5, 5.41) is 0. The topological polar surface area (TPSA) is 35.5 Å². The standard InChI is InChI=1S/C10H14O3/c1-5-7-8(6-9(11)12-7)13-10(2,3)4/h5-6H,1-4H3/b7-5-. The molecule has 0 aromatic rings. The van der Waals surface area contributed by atoms with E-state index in [2.05, 4.69) is 0 Å². The van der Waals surface area contributed by atoms with E-state index >= 15 is 0 Å². The summed E-state index contributed by atoms with van der Waals surface area (Å²) >= 11 is 0. The van der Waals surface area contributed by atoms with E-state index in [1.807, 2.05) is 20.8 Å². The normalized spacial score (nSPS) is 20.2. The first kappa shape index (κ1) is 9.84. The number of ether oxygens (including phenoxy) is 2. The molecule has 0 amide bonds. The maximum atomic E-state index is 10.9. The van der Waals surface area contributed by atoms with Gasteiger partial charge in [-0.25, -0.2) is 4.79 Å². The molecule has 0 radical (unpaired) electrons. The maximum absolute atomic E-state index is 10.9. The molecule has 0 atom stereocenters. The molecule has 0 fully saturated rings. The number of hydrogen-bond acceptors (Lipinski definition) is 3. The minimum absolute atomic E-state index is 0.311. The van der Waals surface area contributed by atoms with Gasteiger partial charge in [0.15, 0.2) is 11.5 Å². The Bertz CT molecular complexity index is 279. The first-order valence-corrected chi connectivity index (χ1v) is 4.21. The van der Waals surface area contributed by atoms with Crippen molar-refractivity contribution in [1.29, 1.82) is 0 Å². The number of carbonyl (C=O) groups is 1. The third-order valence-corrected chi connectivity index (χ3v) is 1.38. The lowest BCUT2D eigenvalue weighted by Crippen LogP contribution is -2.18. The van der Waals surface area contributed by atoms with Gasteiger partial charge in [0.2, 0.25) is 0 Å². The van der Waals surface area contributed by atoms with E-state index in [1.54, 1.807) is 13.0 Å². The highest BCUT2D eigenvalue weighted by Crippen LogP contribution is 2.25. The first-order valence-electron chi connectivity index (χ1n) is 4.21. The lowest BCUT2D eigenvalue weighted by Gasteiger charge is -2.21. The Hall–Kier alpha value is -1.25. The first-order chi connectivity index (χ1) is 5.92. The summed E-state index contributed by atoms with van der Waals surface area (Å²) in [5.41, 5.74) is -0.311. The van der Waals surface area contributed by atoms with E-state index < -0.39 is 0 Å². The highest BCUT2D eigenvalue weighted by atomic mass is 16.6. The lowest BCUT2D eigenvalue weighted by molar-refractivity contribution is -0.132. The van der Waals surface area contributed by atoms with E-state index in [1.165, 1.54) is 6.08 Å². The molecule has 1 aliphatic rings. The van der Waals surface area contributed by atoms with Gasteiger partial charge >= 0.3 is 5.97 Å². The molecule has 1 rings (SSSR count). The Kier molecular flexibility index (Phi) is 2.45. The zero-order valence-corrected chi connectivity index (χ0v) is 8.38. The van der Waals surface area contributed by atoms with Gasteiger partial charge in [0.1, 0.15) is 5.60 Å². The van der Waals surface area contributed by atoms with Crippen LogP contribution in [0.1, 0.15) is 27.7 Å². The summed E-state index contributed by atoms with van der Waals surface area (Å²) in [4.78, 5) is 10.9. The predicted octanol–water partition coefficient (Wildman–Crippen LogP) is 2.15. The monoisotopic (exact) mass is 182 g/mol. The molecular weight excluding hydrogens is 168 g/mol. The molecule has 0 aromatic carbocycles. The van der Waals surface area contributed by atoms with Gasteiger partial charge in [-0.2, -0.15) is 0 Å². The summed E-state index contributed by atoms with van der Waals surface area (Å²) in [6, 6.07) is 0. The van der Waals surface area contributed by atoms with Gasteiger partial charge < -0.3 is 9.47 Å². The van der Waals surface area contributed by atoms with Crippen molar-refractivity contribution >= 4 is 5.97 Å². The highest BCUT2D eigenvalue weighted by Gasteiger charge is 2.24. The van der Waals surface area contributed by atoms with Crippen LogP contribution in [0.2, 0.25) is 0 Å². The minimum atomic E-state index is -0.368. The molecular formula is C10H14O3. The molecule has 3 nitrogen and oxygen atoms in total. The SMILES string of the molecule is C/C=C1\OC(=O)C=C1OC(C)(C)C. The average Bonchev–Trinajstić information content (AvgIpc) is 2.27. The number of esters is 1. The Morgan fingerprint density at radius 1 is 1.46 bits per heavy atom. The van der Waals surface area contributed by atoms with E-state index in [9.17, 15) is 4.79 Å². The molecule has 0 bridgehead atoms. The van der Waals surface area contributed by atoms with Gasteiger partial charge in [-0.05, 0) is 33.8 Å².